The molecular formula is C18H17NO3S. The van der Waals surface area contributed by atoms with Crippen LogP contribution in [0.1, 0.15) is 0 Å². The second-order valence-electron chi connectivity index (χ2n) is 4.83. The van der Waals surface area contributed by atoms with Gasteiger partial charge in [-0.15, -0.1) is 11.3 Å². The number of hydrogen-bond acceptors (Lipinski definition) is 5. The maximum atomic E-state index is 5.46. The number of hydrogen-bond donors (Lipinski definition) is 0. The van der Waals surface area contributed by atoms with Crippen molar-refractivity contribution in [3.8, 4) is 39.1 Å². The van der Waals surface area contributed by atoms with Crippen LogP contribution in [-0.4, -0.2) is 26.3 Å². The molecule has 3 aromatic rings. The number of thiazole rings is 1. The lowest BCUT2D eigenvalue weighted by Gasteiger charge is -2.08. The normalized spacial score (nSPS) is 10.4. The molecule has 23 heavy (non-hydrogen) atoms. The largest absolute Gasteiger partial charge is 0.497 e. The molecule has 118 valence electrons. The molecule has 4 nitrogen and oxygen atoms in total. The fourth-order valence-electron chi connectivity index (χ4n) is 2.27. The molecule has 1 heterocycles. The van der Waals surface area contributed by atoms with Gasteiger partial charge in [0.2, 0.25) is 0 Å². The van der Waals surface area contributed by atoms with Crippen LogP contribution in [-0.2, 0) is 0 Å². The molecule has 0 spiro atoms. The number of rotatable bonds is 5. The number of benzene rings is 2. The molecule has 0 bridgehead atoms. The van der Waals surface area contributed by atoms with Gasteiger partial charge in [0.15, 0.2) is 0 Å². The zero-order valence-corrected chi connectivity index (χ0v) is 14.0. The predicted molar refractivity (Wildman–Crippen MR) is 92.6 cm³/mol. The Morgan fingerprint density at radius 1 is 0.826 bits per heavy atom. The Morgan fingerprint density at radius 2 is 1.52 bits per heavy atom. The lowest BCUT2D eigenvalue weighted by atomic mass is 10.1. The Balaban J connectivity index is 1.95. The summed E-state index contributed by atoms with van der Waals surface area (Å²) in [5.74, 6) is 2.34. The van der Waals surface area contributed by atoms with Crippen molar-refractivity contribution >= 4 is 11.3 Å². The lowest BCUT2D eigenvalue weighted by molar-refractivity contribution is 0.395. The molecule has 5 heteroatoms. The summed E-state index contributed by atoms with van der Waals surface area (Å²) in [5, 5.41) is 2.99. The quantitative estimate of drug-likeness (QED) is 0.691. The standard InChI is InChI=1S/C18H17NO3S/c1-20-13-6-4-12(5-7-13)18-19-16(11-23-18)15-9-8-14(21-2)10-17(15)22-3/h4-11H,1-3H3. The SMILES string of the molecule is COc1ccc(-c2nc(-c3ccc(OC)cc3OC)cs2)cc1. The smallest absolute Gasteiger partial charge is 0.131 e. The Bertz CT molecular complexity index is 796. The number of methoxy groups -OCH3 is 3. The molecule has 0 atom stereocenters. The highest BCUT2D eigenvalue weighted by atomic mass is 32.1. The molecule has 1 aromatic heterocycles. The summed E-state index contributed by atoms with van der Waals surface area (Å²) in [6.45, 7) is 0. The van der Waals surface area contributed by atoms with Gasteiger partial charge in [-0.25, -0.2) is 4.98 Å². The van der Waals surface area contributed by atoms with E-state index in [9.17, 15) is 0 Å². The zero-order chi connectivity index (χ0) is 16.2. The molecule has 0 aliphatic carbocycles. The third-order valence-corrected chi connectivity index (χ3v) is 4.42. The van der Waals surface area contributed by atoms with Crippen molar-refractivity contribution in [2.75, 3.05) is 21.3 Å². The average Bonchev–Trinajstić information content (AvgIpc) is 3.11. The first-order valence-electron chi connectivity index (χ1n) is 7.07. The van der Waals surface area contributed by atoms with Crippen LogP contribution in [0.2, 0.25) is 0 Å². The van der Waals surface area contributed by atoms with E-state index in [1.165, 1.54) is 0 Å². The second-order valence-corrected chi connectivity index (χ2v) is 5.69. The maximum absolute atomic E-state index is 5.46. The summed E-state index contributed by atoms with van der Waals surface area (Å²) >= 11 is 1.60. The van der Waals surface area contributed by atoms with Gasteiger partial charge in [0.05, 0.1) is 27.0 Å². The number of ether oxygens (including phenoxy) is 3. The van der Waals surface area contributed by atoms with Crippen molar-refractivity contribution in [1.82, 2.24) is 4.98 Å². The topological polar surface area (TPSA) is 40.6 Å². The minimum Gasteiger partial charge on any atom is -0.497 e. The summed E-state index contributed by atoms with van der Waals surface area (Å²) in [6.07, 6.45) is 0. The summed E-state index contributed by atoms with van der Waals surface area (Å²) in [4.78, 5) is 4.73. The molecule has 0 amide bonds. The van der Waals surface area contributed by atoms with E-state index in [4.69, 9.17) is 19.2 Å². The van der Waals surface area contributed by atoms with Gasteiger partial charge >= 0.3 is 0 Å². The van der Waals surface area contributed by atoms with Crippen LogP contribution >= 0.6 is 11.3 Å². The summed E-state index contributed by atoms with van der Waals surface area (Å²) in [7, 11) is 4.94. The highest BCUT2D eigenvalue weighted by Gasteiger charge is 2.12. The summed E-state index contributed by atoms with van der Waals surface area (Å²) < 4.78 is 15.9. The van der Waals surface area contributed by atoms with E-state index in [-0.39, 0.29) is 0 Å². The van der Waals surface area contributed by atoms with Crippen LogP contribution in [0.4, 0.5) is 0 Å². The summed E-state index contributed by atoms with van der Waals surface area (Å²) in [6, 6.07) is 13.6. The molecule has 3 rings (SSSR count). The van der Waals surface area contributed by atoms with E-state index < -0.39 is 0 Å². The van der Waals surface area contributed by atoms with Crippen molar-refractivity contribution in [3.05, 3.63) is 47.8 Å². The number of nitrogens with zero attached hydrogens (tertiary/aromatic N) is 1. The van der Waals surface area contributed by atoms with Crippen LogP contribution in [0.25, 0.3) is 21.8 Å². The minimum absolute atomic E-state index is 0.746. The fourth-order valence-corrected chi connectivity index (χ4v) is 3.10. The van der Waals surface area contributed by atoms with E-state index in [0.717, 1.165) is 39.1 Å². The zero-order valence-electron chi connectivity index (χ0n) is 13.2. The van der Waals surface area contributed by atoms with Gasteiger partial charge in [-0.2, -0.15) is 0 Å². The Morgan fingerprint density at radius 3 is 2.17 bits per heavy atom. The van der Waals surface area contributed by atoms with Gasteiger partial charge in [0.25, 0.3) is 0 Å². The molecule has 0 saturated heterocycles. The molecule has 0 radical (unpaired) electrons. The Hall–Kier alpha value is -2.53. The van der Waals surface area contributed by atoms with Crippen LogP contribution in [0.5, 0.6) is 17.2 Å². The monoisotopic (exact) mass is 327 g/mol. The maximum Gasteiger partial charge on any atom is 0.131 e. The van der Waals surface area contributed by atoms with Crippen molar-refractivity contribution in [2.24, 2.45) is 0 Å². The molecule has 0 aliphatic heterocycles. The van der Waals surface area contributed by atoms with Gasteiger partial charge < -0.3 is 14.2 Å². The highest BCUT2D eigenvalue weighted by Crippen LogP contribution is 2.36. The third kappa shape index (κ3) is 3.14. The fraction of sp³-hybridized carbons (Fsp3) is 0.167. The first-order chi connectivity index (χ1) is 11.2. The van der Waals surface area contributed by atoms with Crippen molar-refractivity contribution in [3.63, 3.8) is 0 Å². The highest BCUT2D eigenvalue weighted by molar-refractivity contribution is 7.13. The van der Waals surface area contributed by atoms with E-state index in [0.29, 0.717) is 0 Å². The van der Waals surface area contributed by atoms with Gasteiger partial charge in [0.1, 0.15) is 22.3 Å². The van der Waals surface area contributed by atoms with Crippen LogP contribution in [0.15, 0.2) is 47.8 Å². The first-order valence-corrected chi connectivity index (χ1v) is 7.95. The molecule has 0 aliphatic rings. The van der Waals surface area contributed by atoms with E-state index in [1.807, 2.05) is 47.8 Å². The van der Waals surface area contributed by atoms with Gasteiger partial charge in [0, 0.05) is 22.6 Å². The van der Waals surface area contributed by atoms with E-state index in [1.54, 1.807) is 32.7 Å². The molecule has 0 saturated carbocycles. The van der Waals surface area contributed by atoms with E-state index in [2.05, 4.69) is 0 Å². The molecule has 0 fully saturated rings. The Kier molecular flexibility index (Phi) is 4.48. The van der Waals surface area contributed by atoms with Gasteiger partial charge in [-0.05, 0) is 36.4 Å². The average molecular weight is 327 g/mol. The summed E-state index contributed by atoms with van der Waals surface area (Å²) in [5.41, 5.74) is 2.90. The van der Waals surface area contributed by atoms with Gasteiger partial charge in [-0.3, -0.25) is 0 Å². The molecular weight excluding hydrogens is 310 g/mol. The van der Waals surface area contributed by atoms with Crippen LogP contribution in [0, 0.1) is 0 Å². The predicted octanol–water partition coefficient (Wildman–Crippen LogP) is 4.50. The second kappa shape index (κ2) is 6.71. The van der Waals surface area contributed by atoms with Crippen LogP contribution in [0.3, 0.4) is 0 Å². The van der Waals surface area contributed by atoms with Crippen molar-refractivity contribution in [2.45, 2.75) is 0 Å². The number of aromatic nitrogens is 1. The van der Waals surface area contributed by atoms with Gasteiger partial charge in [-0.1, -0.05) is 0 Å². The Labute approximate surface area is 139 Å². The first kappa shape index (κ1) is 15.4. The van der Waals surface area contributed by atoms with E-state index >= 15 is 0 Å². The molecule has 0 unspecified atom stereocenters. The van der Waals surface area contributed by atoms with Crippen molar-refractivity contribution in [1.29, 1.82) is 0 Å². The lowest BCUT2D eigenvalue weighted by Crippen LogP contribution is -1.90. The minimum atomic E-state index is 0.746. The molecule has 2 aromatic carbocycles. The third-order valence-electron chi connectivity index (χ3n) is 3.53. The molecule has 0 N–H and O–H groups in total. The van der Waals surface area contributed by atoms with Crippen LogP contribution < -0.4 is 14.2 Å². The van der Waals surface area contributed by atoms with Crippen molar-refractivity contribution < 1.29 is 14.2 Å².